The Kier molecular flexibility index (Phi) is 7.70. The van der Waals surface area contributed by atoms with Gasteiger partial charge in [-0.1, -0.05) is 6.92 Å². The van der Waals surface area contributed by atoms with E-state index in [2.05, 4.69) is 17.1 Å². The number of carbonyl (C=O) groups is 1. The minimum absolute atomic E-state index is 0.00516. The second kappa shape index (κ2) is 8.77. The molecule has 4 nitrogen and oxygen atoms in total. The summed E-state index contributed by atoms with van der Waals surface area (Å²) < 4.78 is 0. The van der Waals surface area contributed by atoms with Crippen LogP contribution in [0.2, 0.25) is 0 Å². The van der Waals surface area contributed by atoms with Crippen LogP contribution in [0.4, 0.5) is 0 Å². The molecule has 0 saturated carbocycles. The van der Waals surface area contributed by atoms with Gasteiger partial charge in [-0.25, -0.2) is 0 Å². The van der Waals surface area contributed by atoms with Crippen LogP contribution in [0, 0.1) is 5.92 Å². The summed E-state index contributed by atoms with van der Waals surface area (Å²) in [6, 6.07) is -0.348. The molecule has 0 aliphatic carbocycles. The predicted octanol–water partition coefficient (Wildman–Crippen LogP) is 0.915. The quantitative estimate of drug-likeness (QED) is 0.724. The normalized spacial score (nSPS) is 19.7. The van der Waals surface area contributed by atoms with E-state index in [1.54, 1.807) is 11.8 Å². The molecule has 1 heterocycles. The second-order valence-electron chi connectivity index (χ2n) is 5.20. The topological polar surface area (TPSA) is 58.4 Å². The zero-order valence-corrected chi connectivity index (χ0v) is 12.5. The van der Waals surface area contributed by atoms with E-state index in [0.717, 1.165) is 44.3 Å². The van der Waals surface area contributed by atoms with Gasteiger partial charge >= 0.3 is 0 Å². The Morgan fingerprint density at radius 1 is 1.50 bits per heavy atom. The molecule has 1 fully saturated rings. The Labute approximate surface area is 115 Å². The first kappa shape index (κ1) is 15.8. The summed E-state index contributed by atoms with van der Waals surface area (Å²) in [5.41, 5.74) is 5.80. The molecule has 18 heavy (non-hydrogen) atoms. The minimum Gasteiger partial charge on any atom is -0.353 e. The lowest BCUT2D eigenvalue weighted by Crippen LogP contribution is -2.45. The third kappa shape index (κ3) is 6.07. The number of piperidine rings is 1. The molecular formula is C13H27N3OS. The number of amides is 1. The fourth-order valence-corrected chi connectivity index (χ4v) is 2.62. The first-order valence-corrected chi connectivity index (χ1v) is 8.27. The lowest BCUT2D eigenvalue weighted by molar-refractivity contribution is -0.122. The van der Waals surface area contributed by atoms with Crippen LogP contribution in [0.3, 0.4) is 0 Å². The molecule has 1 atom stereocenters. The predicted molar refractivity (Wildman–Crippen MR) is 78.8 cm³/mol. The second-order valence-corrected chi connectivity index (χ2v) is 6.19. The van der Waals surface area contributed by atoms with Gasteiger partial charge in [0, 0.05) is 13.1 Å². The van der Waals surface area contributed by atoms with Crippen molar-refractivity contribution in [1.82, 2.24) is 10.2 Å². The fourth-order valence-electron chi connectivity index (χ4n) is 2.13. The molecule has 106 valence electrons. The molecule has 0 unspecified atom stereocenters. The highest BCUT2D eigenvalue weighted by atomic mass is 32.2. The van der Waals surface area contributed by atoms with Crippen LogP contribution < -0.4 is 11.1 Å². The number of likely N-dealkylation sites (tertiary alicyclic amines) is 1. The average Bonchev–Trinajstić information content (AvgIpc) is 2.38. The largest absolute Gasteiger partial charge is 0.353 e. The molecular weight excluding hydrogens is 246 g/mol. The van der Waals surface area contributed by atoms with E-state index in [0.29, 0.717) is 0 Å². The molecule has 5 heteroatoms. The highest BCUT2D eigenvalue weighted by Gasteiger charge is 2.16. The van der Waals surface area contributed by atoms with Crippen molar-refractivity contribution in [1.29, 1.82) is 0 Å². The lowest BCUT2D eigenvalue weighted by Gasteiger charge is -2.30. The van der Waals surface area contributed by atoms with E-state index < -0.39 is 0 Å². The van der Waals surface area contributed by atoms with Crippen LogP contribution in [0.5, 0.6) is 0 Å². The van der Waals surface area contributed by atoms with Gasteiger partial charge in [-0.2, -0.15) is 11.8 Å². The first-order valence-electron chi connectivity index (χ1n) is 6.88. The molecule has 1 rings (SSSR count). The van der Waals surface area contributed by atoms with Gasteiger partial charge in [-0.05, 0) is 50.3 Å². The number of rotatable bonds is 7. The maximum atomic E-state index is 11.7. The highest BCUT2D eigenvalue weighted by molar-refractivity contribution is 7.98. The van der Waals surface area contributed by atoms with Crippen molar-refractivity contribution in [3.8, 4) is 0 Å². The summed E-state index contributed by atoms with van der Waals surface area (Å²) in [5.74, 6) is 1.80. The maximum absolute atomic E-state index is 11.7. The highest BCUT2D eigenvalue weighted by Crippen LogP contribution is 2.15. The molecule has 0 bridgehead atoms. The monoisotopic (exact) mass is 273 g/mol. The van der Waals surface area contributed by atoms with Crippen molar-refractivity contribution >= 4 is 17.7 Å². The van der Waals surface area contributed by atoms with Gasteiger partial charge in [0.1, 0.15) is 0 Å². The van der Waals surface area contributed by atoms with Crippen molar-refractivity contribution in [2.75, 3.05) is 38.2 Å². The Balaban J connectivity index is 2.08. The van der Waals surface area contributed by atoms with Gasteiger partial charge in [0.05, 0.1) is 6.04 Å². The summed E-state index contributed by atoms with van der Waals surface area (Å²) >= 11 is 1.73. The van der Waals surface area contributed by atoms with Gasteiger partial charge in [-0.15, -0.1) is 0 Å². The average molecular weight is 273 g/mol. The number of hydrogen-bond donors (Lipinski definition) is 2. The number of nitrogens with zero attached hydrogens (tertiary/aromatic N) is 1. The summed E-state index contributed by atoms with van der Waals surface area (Å²) in [6.07, 6.45) is 5.35. The SMILES string of the molecule is CSCC[C@@H](N)C(=O)NCCN1CCC(C)CC1. The van der Waals surface area contributed by atoms with E-state index >= 15 is 0 Å². The standard InChI is InChI=1S/C13H27N3OS/c1-11-3-7-16(8-4-11)9-6-15-13(17)12(14)5-10-18-2/h11-12H,3-10,14H2,1-2H3,(H,15,17)/t12-/m1/s1. The van der Waals surface area contributed by atoms with Gasteiger partial charge in [0.2, 0.25) is 5.91 Å². The van der Waals surface area contributed by atoms with E-state index in [4.69, 9.17) is 5.73 Å². The van der Waals surface area contributed by atoms with Crippen LogP contribution >= 0.6 is 11.8 Å². The van der Waals surface area contributed by atoms with Gasteiger partial charge < -0.3 is 16.0 Å². The van der Waals surface area contributed by atoms with Crippen LogP contribution in [0.15, 0.2) is 0 Å². The maximum Gasteiger partial charge on any atom is 0.236 e. The number of nitrogens with one attached hydrogen (secondary N) is 1. The minimum atomic E-state index is -0.348. The molecule has 1 saturated heterocycles. The molecule has 1 aliphatic rings. The van der Waals surface area contributed by atoms with E-state index in [9.17, 15) is 4.79 Å². The summed E-state index contributed by atoms with van der Waals surface area (Å²) in [7, 11) is 0. The number of carbonyl (C=O) groups excluding carboxylic acids is 1. The molecule has 0 radical (unpaired) electrons. The van der Waals surface area contributed by atoms with Crippen molar-refractivity contribution < 1.29 is 4.79 Å². The molecule has 3 N–H and O–H groups in total. The van der Waals surface area contributed by atoms with Gasteiger partial charge in [0.15, 0.2) is 0 Å². The first-order chi connectivity index (χ1) is 8.63. The van der Waals surface area contributed by atoms with Crippen molar-refractivity contribution in [2.45, 2.75) is 32.2 Å². The van der Waals surface area contributed by atoms with Crippen molar-refractivity contribution in [3.05, 3.63) is 0 Å². The molecule has 1 amide bonds. The van der Waals surface area contributed by atoms with E-state index in [-0.39, 0.29) is 11.9 Å². The third-order valence-corrected chi connectivity index (χ3v) is 4.22. The van der Waals surface area contributed by atoms with Gasteiger partial charge in [0.25, 0.3) is 0 Å². The summed E-state index contributed by atoms with van der Waals surface area (Å²) in [6.45, 7) is 6.31. The van der Waals surface area contributed by atoms with Gasteiger partial charge in [-0.3, -0.25) is 4.79 Å². The smallest absolute Gasteiger partial charge is 0.236 e. The molecule has 0 aromatic heterocycles. The Morgan fingerprint density at radius 3 is 2.78 bits per heavy atom. The number of thioether (sulfide) groups is 1. The number of hydrogen-bond acceptors (Lipinski definition) is 4. The van der Waals surface area contributed by atoms with Crippen LogP contribution in [-0.2, 0) is 4.79 Å². The lowest BCUT2D eigenvalue weighted by atomic mass is 9.99. The third-order valence-electron chi connectivity index (χ3n) is 3.57. The molecule has 0 aromatic rings. The summed E-state index contributed by atoms with van der Waals surface area (Å²) in [5, 5.41) is 2.93. The number of nitrogens with two attached hydrogens (primary N) is 1. The zero-order chi connectivity index (χ0) is 13.4. The van der Waals surface area contributed by atoms with Crippen LogP contribution in [0.25, 0.3) is 0 Å². The Morgan fingerprint density at radius 2 is 2.17 bits per heavy atom. The molecule has 0 aromatic carbocycles. The van der Waals surface area contributed by atoms with E-state index in [1.165, 1.54) is 12.8 Å². The Bertz CT molecular complexity index is 242. The van der Waals surface area contributed by atoms with E-state index in [1.807, 2.05) is 6.26 Å². The van der Waals surface area contributed by atoms with Crippen molar-refractivity contribution in [3.63, 3.8) is 0 Å². The Hall–Kier alpha value is -0.260. The molecule has 0 spiro atoms. The fraction of sp³-hybridized carbons (Fsp3) is 0.923. The molecule has 1 aliphatic heterocycles. The van der Waals surface area contributed by atoms with Crippen LogP contribution in [0.1, 0.15) is 26.2 Å². The van der Waals surface area contributed by atoms with Crippen LogP contribution in [-0.4, -0.2) is 55.0 Å². The van der Waals surface area contributed by atoms with Crippen molar-refractivity contribution in [2.24, 2.45) is 11.7 Å². The zero-order valence-electron chi connectivity index (χ0n) is 11.7. The summed E-state index contributed by atoms with van der Waals surface area (Å²) in [4.78, 5) is 14.1.